The van der Waals surface area contributed by atoms with Crippen molar-refractivity contribution in [2.24, 2.45) is 0 Å². The molecule has 5 nitrogen and oxygen atoms in total. The monoisotopic (exact) mass is 232 g/mol. The van der Waals surface area contributed by atoms with E-state index in [1.165, 1.54) is 0 Å². The number of nitrogens with one attached hydrogen (secondary N) is 2. The molecule has 0 atom stereocenters. The minimum absolute atomic E-state index is 0.634. The molecule has 17 heavy (non-hydrogen) atoms. The molecule has 0 saturated heterocycles. The third-order valence-electron chi connectivity index (χ3n) is 2.33. The molecule has 0 unspecified atom stereocenters. The van der Waals surface area contributed by atoms with Crippen LogP contribution in [0.1, 0.15) is 11.6 Å². The van der Waals surface area contributed by atoms with Crippen molar-refractivity contribution < 1.29 is 4.42 Å². The summed E-state index contributed by atoms with van der Waals surface area (Å²) in [6.07, 6.45) is 4.25. The van der Waals surface area contributed by atoms with Crippen LogP contribution in [0.3, 0.4) is 0 Å². The second kappa shape index (κ2) is 6.00. The highest BCUT2D eigenvalue weighted by Gasteiger charge is 2.00. The van der Waals surface area contributed by atoms with Crippen LogP contribution in [0.4, 0.5) is 5.82 Å². The predicted molar refractivity (Wildman–Crippen MR) is 65.7 cm³/mol. The van der Waals surface area contributed by atoms with Gasteiger partial charge < -0.3 is 15.1 Å². The van der Waals surface area contributed by atoms with Crippen molar-refractivity contribution in [2.45, 2.75) is 13.0 Å². The smallest absolute Gasteiger partial charge is 0.131 e. The van der Waals surface area contributed by atoms with Crippen LogP contribution >= 0.6 is 0 Å². The lowest BCUT2D eigenvalue weighted by Gasteiger charge is -2.05. The Morgan fingerprint density at radius 1 is 1.35 bits per heavy atom. The number of rotatable bonds is 6. The van der Waals surface area contributed by atoms with Gasteiger partial charge in [-0.25, -0.2) is 9.97 Å². The van der Waals surface area contributed by atoms with E-state index in [0.717, 1.165) is 30.4 Å². The van der Waals surface area contributed by atoms with E-state index in [1.807, 2.05) is 25.2 Å². The van der Waals surface area contributed by atoms with Crippen LogP contribution in [-0.2, 0) is 13.0 Å². The molecule has 0 amide bonds. The first-order valence-electron chi connectivity index (χ1n) is 5.61. The first-order chi connectivity index (χ1) is 8.38. The van der Waals surface area contributed by atoms with Gasteiger partial charge in [-0.15, -0.1) is 0 Å². The molecule has 0 saturated carbocycles. The Kier molecular flexibility index (Phi) is 4.10. The quantitative estimate of drug-likeness (QED) is 0.789. The maximum atomic E-state index is 5.23. The van der Waals surface area contributed by atoms with Gasteiger partial charge in [0.25, 0.3) is 0 Å². The number of anilines is 1. The Morgan fingerprint density at radius 3 is 3.06 bits per heavy atom. The summed E-state index contributed by atoms with van der Waals surface area (Å²) in [5.41, 5.74) is 0. The van der Waals surface area contributed by atoms with E-state index in [2.05, 4.69) is 20.6 Å². The van der Waals surface area contributed by atoms with Crippen LogP contribution in [0.5, 0.6) is 0 Å². The van der Waals surface area contributed by atoms with E-state index in [-0.39, 0.29) is 0 Å². The number of aromatic nitrogens is 2. The number of likely N-dealkylation sites (N-methyl/N-ethyl adjacent to an activating group) is 1. The average molecular weight is 232 g/mol. The second-order valence-electron chi connectivity index (χ2n) is 3.64. The van der Waals surface area contributed by atoms with Crippen LogP contribution in [0.15, 0.2) is 35.1 Å². The largest absolute Gasteiger partial charge is 0.467 e. The van der Waals surface area contributed by atoms with E-state index in [9.17, 15) is 0 Å². The molecule has 0 aliphatic heterocycles. The van der Waals surface area contributed by atoms with Crippen molar-refractivity contribution in [1.29, 1.82) is 0 Å². The molecule has 0 bridgehead atoms. The number of hydrogen-bond donors (Lipinski definition) is 2. The van der Waals surface area contributed by atoms with Crippen molar-refractivity contribution in [1.82, 2.24) is 15.3 Å². The molecule has 2 heterocycles. The summed E-state index contributed by atoms with van der Waals surface area (Å²) in [6.45, 7) is 1.51. The molecule has 0 aromatic carbocycles. The van der Waals surface area contributed by atoms with Crippen molar-refractivity contribution in [2.75, 3.05) is 18.9 Å². The predicted octanol–water partition coefficient (Wildman–Crippen LogP) is 1.44. The summed E-state index contributed by atoms with van der Waals surface area (Å²) in [5.74, 6) is 2.55. The summed E-state index contributed by atoms with van der Waals surface area (Å²) < 4.78 is 5.23. The van der Waals surface area contributed by atoms with Crippen molar-refractivity contribution >= 4 is 5.82 Å². The van der Waals surface area contributed by atoms with Crippen LogP contribution in [0, 0.1) is 0 Å². The van der Waals surface area contributed by atoms with Gasteiger partial charge in [0, 0.05) is 19.2 Å². The summed E-state index contributed by atoms with van der Waals surface area (Å²) in [5, 5.41) is 6.27. The van der Waals surface area contributed by atoms with Crippen molar-refractivity contribution in [3.8, 4) is 0 Å². The summed E-state index contributed by atoms with van der Waals surface area (Å²) in [7, 11) is 1.92. The van der Waals surface area contributed by atoms with Gasteiger partial charge in [0.1, 0.15) is 17.4 Å². The Bertz CT molecular complexity index is 442. The van der Waals surface area contributed by atoms with Crippen molar-refractivity contribution in [3.63, 3.8) is 0 Å². The zero-order valence-corrected chi connectivity index (χ0v) is 9.81. The number of hydrogen-bond acceptors (Lipinski definition) is 5. The van der Waals surface area contributed by atoms with Gasteiger partial charge in [-0.05, 0) is 25.2 Å². The van der Waals surface area contributed by atoms with Gasteiger partial charge >= 0.3 is 0 Å². The molecule has 2 N–H and O–H groups in total. The fourth-order valence-corrected chi connectivity index (χ4v) is 1.45. The van der Waals surface area contributed by atoms with E-state index >= 15 is 0 Å². The minimum Gasteiger partial charge on any atom is -0.467 e. The second-order valence-corrected chi connectivity index (χ2v) is 3.64. The maximum Gasteiger partial charge on any atom is 0.131 e. The topological polar surface area (TPSA) is 63.0 Å². The van der Waals surface area contributed by atoms with Crippen LogP contribution < -0.4 is 10.6 Å². The molecule has 90 valence electrons. The molecule has 0 spiro atoms. The first kappa shape index (κ1) is 11.6. The summed E-state index contributed by atoms with van der Waals surface area (Å²) in [6, 6.07) is 5.65. The third-order valence-corrected chi connectivity index (χ3v) is 2.33. The SMILES string of the molecule is CNCCc1nccc(NCc2ccco2)n1. The molecule has 0 aliphatic carbocycles. The molecule has 5 heteroatoms. The summed E-state index contributed by atoms with van der Waals surface area (Å²) in [4.78, 5) is 8.61. The van der Waals surface area contributed by atoms with Crippen LogP contribution in [0.25, 0.3) is 0 Å². The molecule has 2 aromatic heterocycles. The standard InChI is InChI=1S/C12H16N4O/c1-13-6-4-11-14-7-5-12(16-11)15-9-10-3-2-8-17-10/h2-3,5,7-8,13H,4,6,9H2,1H3,(H,14,15,16). The Hall–Kier alpha value is -1.88. The van der Waals surface area contributed by atoms with Crippen LogP contribution in [0.2, 0.25) is 0 Å². The van der Waals surface area contributed by atoms with Gasteiger partial charge in [-0.2, -0.15) is 0 Å². The number of nitrogens with zero attached hydrogens (tertiary/aromatic N) is 2. The lowest BCUT2D eigenvalue weighted by Crippen LogP contribution is -2.13. The molecule has 0 fully saturated rings. The lowest BCUT2D eigenvalue weighted by atomic mass is 10.4. The van der Waals surface area contributed by atoms with Crippen molar-refractivity contribution in [3.05, 3.63) is 42.2 Å². The highest BCUT2D eigenvalue weighted by Crippen LogP contribution is 2.06. The average Bonchev–Trinajstić information content (AvgIpc) is 2.87. The van der Waals surface area contributed by atoms with E-state index in [1.54, 1.807) is 12.5 Å². The van der Waals surface area contributed by atoms with E-state index in [4.69, 9.17) is 4.42 Å². The van der Waals surface area contributed by atoms with Gasteiger partial charge in [-0.1, -0.05) is 0 Å². The van der Waals surface area contributed by atoms with E-state index < -0.39 is 0 Å². The normalized spacial score (nSPS) is 10.4. The highest BCUT2D eigenvalue weighted by atomic mass is 16.3. The maximum absolute atomic E-state index is 5.23. The van der Waals surface area contributed by atoms with Gasteiger partial charge in [-0.3, -0.25) is 0 Å². The molecule has 2 rings (SSSR count). The molecule has 0 aliphatic rings. The minimum atomic E-state index is 0.634. The Morgan fingerprint density at radius 2 is 2.29 bits per heavy atom. The zero-order valence-electron chi connectivity index (χ0n) is 9.81. The van der Waals surface area contributed by atoms with Crippen LogP contribution in [-0.4, -0.2) is 23.6 Å². The zero-order chi connectivity index (χ0) is 11.9. The van der Waals surface area contributed by atoms with Gasteiger partial charge in [0.15, 0.2) is 0 Å². The summed E-state index contributed by atoms with van der Waals surface area (Å²) >= 11 is 0. The van der Waals surface area contributed by atoms with Gasteiger partial charge in [0.05, 0.1) is 12.8 Å². The molecule has 0 radical (unpaired) electrons. The highest BCUT2D eigenvalue weighted by molar-refractivity contribution is 5.33. The Labute approximate surface area is 100 Å². The lowest BCUT2D eigenvalue weighted by molar-refractivity contribution is 0.517. The molecular formula is C12H16N4O. The molecular weight excluding hydrogens is 216 g/mol. The third kappa shape index (κ3) is 3.57. The molecule has 2 aromatic rings. The fraction of sp³-hybridized carbons (Fsp3) is 0.333. The fourth-order valence-electron chi connectivity index (χ4n) is 1.45. The first-order valence-corrected chi connectivity index (χ1v) is 5.61. The Balaban J connectivity index is 1.91. The number of furan rings is 1. The van der Waals surface area contributed by atoms with Gasteiger partial charge in [0.2, 0.25) is 0 Å². The van der Waals surface area contributed by atoms with E-state index in [0.29, 0.717) is 6.54 Å².